The molecule has 0 spiro atoms. The van der Waals surface area contributed by atoms with E-state index in [4.69, 9.17) is 18.9 Å². The molecule has 0 bridgehead atoms. The molecule has 4 rings (SSSR count). The number of nitrogens with zero attached hydrogens (tertiary/aromatic N) is 6. The van der Waals surface area contributed by atoms with Crippen LogP contribution in [0.2, 0.25) is 0 Å². The molecule has 0 radical (unpaired) electrons. The number of carbonyl (C=O) groups is 2. The van der Waals surface area contributed by atoms with Crippen LogP contribution in [-0.2, 0) is 28.5 Å². The number of hydrogen-bond donors (Lipinski definition) is 2. The first-order valence-electron chi connectivity index (χ1n) is 12.2. The summed E-state index contributed by atoms with van der Waals surface area (Å²) in [4.78, 5) is 26.7. The normalized spacial score (nSPS) is 32.1. The third kappa shape index (κ3) is 6.11. The Morgan fingerprint density at radius 3 is 2.68 bits per heavy atom. The van der Waals surface area contributed by atoms with E-state index in [2.05, 4.69) is 20.3 Å². The maximum atomic E-state index is 12.1. The van der Waals surface area contributed by atoms with E-state index >= 15 is 0 Å². The average Bonchev–Trinajstić information content (AvgIpc) is 3.39. The zero-order chi connectivity index (χ0) is 27.2. The summed E-state index contributed by atoms with van der Waals surface area (Å²) in [5, 5.41) is 23.1. The first kappa shape index (κ1) is 27.9. The molecule has 0 aliphatic carbocycles. The lowest BCUT2D eigenvalue weighted by Crippen LogP contribution is -2.58. The minimum atomic E-state index is -1.23. The van der Waals surface area contributed by atoms with Gasteiger partial charge < -0.3 is 24.1 Å². The average molecular weight is 549 g/mol. The fourth-order valence-electron chi connectivity index (χ4n) is 5.08. The van der Waals surface area contributed by atoms with E-state index in [0.717, 1.165) is 5.56 Å². The number of hydrogen-bond acceptors (Lipinski definition) is 10. The molecule has 2 aliphatic rings. The second-order valence-corrected chi connectivity index (χ2v) is 11.9. The van der Waals surface area contributed by atoms with Gasteiger partial charge in [-0.3, -0.25) is 9.59 Å². The molecule has 2 aliphatic heterocycles. The van der Waals surface area contributed by atoms with Gasteiger partial charge in [-0.05, 0) is 5.53 Å². The topological polar surface area (TPSA) is 171 Å². The van der Waals surface area contributed by atoms with Crippen molar-refractivity contribution in [3.05, 3.63) is 47.0 Å². The van der Waals surface area contributed by atoms with E-state index in [0.29, 0.717) is 11.4 Å². The summed E-state index contributed by atoms with van der Waals surface area (Å²) in [6, 6.07) is 8.25. The van der Waals surface area contributed by atoms with Crippen LogP contribution in [0, 0.1) is 0 Å². The summed E-state index contributed by atoms with van der Waals surface area (Å²) in [6.07, 6.45) is -0.585. The van der Waals surface area contributed by atoms with Gasteiger partial charge in [0.2, 0.25) is 0 Å². The number of ether oxygens (including phenoxy) is 4. The summed E-state index contributed by atoms with van der Waals surface area (Å²) in [5.74, 6) is -0.643. The number of aliphatic hydroxyl groups is 1. The Balaban J connectivity index is 1.65. The summed E-state index contributed by atoms with van der Waals surface area (Å²) in [5.41, 5.74) is 10.8. The number of benzene rings is 1. The Labute approximate surface area is 222 Å². The fraction of sp³-hybridized carbons (Fsp3) is 0.583. The summed E-state index contributed by atoms with van der Waals surface area (Å²) in [6.45, 7) is 2.96. The summed E-state index contributed by atoms with van der Waals surface area (Å²) >= 11 is 0. The highest BCUT2D eigenvalue weighted by Crippen LogP contribution is 2.50. The van der Waals surface area contributed by atoms with Crippen molar-refractivity contribution in [1.29, 1.82) is 0 Å². The molecule has 0 amide bonds. The van der Waals surface area contributed by atoms with E-state index in [-0.39, 0.29) is 19.8 Å². The summed E-state index contributed by atoms with van der Waals surface area (Å²) < 4.78 is 24.2. The van der Waals surface area contributed by atoms with Crippen molar-refractivity contribution < 1.29 is 33.6 Å². The van der Waals surface area contributed by atoms with E-state index in [1.807, 2.05) is 30.3 Å². The van der Waals surface area contributed by atoms with Crippen molar-refractivity contribution >= 4 is 22.8 Å². The summed E-state index contributed by atoms with van der Waals surface area (Å²) in [7, 11) is 0.263. The molecule has 2 aromatic rings. The van der Waals surface area contributed by atoms with Gasteiger partial charge in [0.1, 0.15) is 30.5 Å². The third-order valence-corrected chi connectivity index (χ3v) is 10.3. The van der Waals surface area contributed by atoms with E-state index in [1.165, 1.54) is 21.0 Å². The van der Waals surface area contributed by atoms with Gasteiger partial charge in [0, 0.05) is 42.4 Å². The lowest BCUT2D eigenvalue weighted by molar-refractivity contribution is -0.151. The minimum absolute atomic E-state index is 0.0672. The zero-order valence-electron chi connectivity index (χ0n) is 21.4. The Morgan fingerprint density at radius 2 is 2.03 bits per heavy atom. The van der Waals surface area contributed by atoms with Gasteiger partial charge in [0.15, 0.2) is 0 Å². The number of rotatable bonds is 8. The van der Waals surface area contributed by atoms with Crippen molar-refractivity contribution in [1.82, 2.24) is 15.0 Å². The number of methoxy groups -OCH3 is 1. The van der Waals surface area contributed by atoms with Crippen LogP contribution in [0.5, 0.6) is 0 Å². The molecule has 8 atom stereocenters. The highest BCUT2D eigenvalue weighted by molar-refractivity contribution is 8.18. The van der Waals surface area contributed by atoms with Crippen LogP contribution < -0.4 is 0 Å². The largest absolute Gasteiger partial charge is 0.465 e. The van der Waals surface area contributed by atoms with Crippen LogP contribution in [0.25, 0.3) is 21.7 Å². The van der Waals surface area contributed by atoms with Crippen molar-refractivity contribution in [3.63, 3.8) is 0 Å². The van der Waals surface area contributed by atoms with Crippen LogP contribution in [0.1, 0.15) is 19.9 Å². The standard InChI is InChI=1S/C24H32N6O7S/c1-14(31)36-12-21-24(37-15(2)32)22(27-28-25)19(34-3)13-38(21)20-11-35-10-18(23(20)33)30-9-17(26-29-30)16-7-5-4-6-8-16/h4-9,18-24,33,38H,10-13H2,1-3H3/t18-,19-,20+,21+,22-,23+,24-/m0/s1. The Bertz CT molecular complexity index is 1160. The predicted molar refractivity (Wildman–Crippen MR) is 139 cm³/mol. The Morgan fingerprint density at radius 1 is 1.26 bits per heavy atom. The monoisotopic (exact) mass is 548 g/mol. The van der Waals surface area contributed by atoms with Crippen LogP contribution in [0.4, 0.5) is 0 Å². The number of aromatic nitrogens is 3. The molecule has 13 nitrogen and oxygen atoms in total. The number of azide groups is 1. The van der Waals surface area contributed by atoms with Gasteiger partial charge in [-0.25, -0.2) is 15.6 Å². The Hall–Kier alpha value is -3.16. The van der Waals surface area contributed by atoms with Gasteiger partial charge in [-0.2, -0.15) is 0 Å². The maximum absolute atomic E-state index is 12.1. The van der Waals surface area contributed by atoms with Crippen LogP contribution in [0.15, 0.2) is 41.6 Å². The molecule has 14 heteroatoms. The molecule has 0 saturated carbocycles. The zero-order valence-corrected chi connectivity index (χ0v) is 22.3. The molecular formula is C24H32N6O7S. The number of esters is 2. The van der Waals surface area contributed by atoms with Crippen molar-refractivity contribution in [2.45, 2.75) is 54.7 Å². The third-order valence-electron chi connectivity index (χ3n) is 6.87. The van der Waals surface area contributed by atoms with E-state index in [1.54, 1.807) is 10.9 Å². The van der Waals surface area contributed by atoms with Crippen molar-refractivity contribution in [2.75, 3.05) is 32.7 Å². The fourth-order valence-corrected chi connectivity index (χ4v) is 8.66. The highest BCUT2D eigenvalue weighted by atomic mass is 32.2. The van der Waals surface area contributed by atoms with Gasteiger partial charge in [0.25, 0.3) is 0 Å². The van der Waals surface area contributed by atoms with Gasteiger partial charge in [-0.15, -0.1) is 5.10 Å². The van der Waals surface area contributed by atoms with Crippen LogP contribution in [-0.4, -0.2) is 99.6 Å². The second-order valence-electron chi connectivity index (χ2n) is 9.22. The molecule has 38 heavy (non-hydrogen) atoms. The highest BCUT2D eigenvalue weighted by Gasteiger charge is 2.51. The quantitative estimate of drug-likeness (QED) is 0.164. The first-order valence-corrected chi connectivity index (χ1v) is 13.9. The number of thiol groups is 1. The Kier molecular flexibility index (Phi) is 9.23. The predicted octanol–water partition coefficient (Wildman–Crippen LogP) is 1.82. The van der Waals surface area contributed by atoms with Crippen molar-refractivity contribution in [2.24, 2.45) is 5.11 Å². The van der Waals surface area contributed by atoms with Gasteiger partial charge >= 0.3 is 11.9 Å². The van der Waals surface area contributed by atoms with Crippen LogP contribution in [0.3, 0.4) is 0 Å². The van der Waals surface area contributed by atoms with Crippen LogP contribution >= 0.6 is 10.9 Å². The molecule has 2 saturated heterocycles. The van der Waals surface area contributed by atoms with Gasteiger partial charge in [0.05, 0.1) is 36.9 Å². The minimum Gasteiger partial charge on any atom is -0.465 e. The van der Waals surface area contributed by atoms with Crippen molar-refractivity contribution in [3.8, 4) is 11.3 Å². The van der Waals surface area contributed by atoms with E-state index in [9.17, 15) is 20.2 Å². The van der Waals surface area contributed by atoms with Gasteiger partial charge in [-0.1, -0.05) is 40.7 Å². The molecule has 1 N–H and O–H groups in total. The molecule has 206 valence electrons. The lowest BCUT2D eigenvalue weighted by Gasteiger charge is -2.51. The molecule has 1 aromatic carbocycles. The maximum Gasteiger partial charge on any atom is 0.302 e. The molecule has 1 aromatic heterocycles. The molecule has 3 heterocycles. The number of aliphatic hydroxyl groups excluding tert-OH is 1. The SMILES string of the molecule is CO[C@H]1C[SH]([C@@H]2COC[C@H](n3cc(-c4ccccc4)nn3)[C@H]2O)[C@H](COC(C)=O)[C@H](OC(C)=O)[C@H]1N=[N+]=[N-]. The smallest absolute Gasteiger partial charge is 0.302 e. The molecule has 2 fully saturated rings. The lowest BCUT2D eigenvalue weighted by atomic mass is 10.0. The molecule has 1 unspecified atom stereocenters. The molecular weight excluding hydrogens is 516 g/mol. The van der Waals surface area contributed by atoms with E-state index < -0.39 is 63.7 Å². The number of carbonyl (C=O) groups excluding carboxylic acids is 2. The second kappa shape index (κ2) is 12.6. The first-order chi connectivity index (χ1) is 18.3.